The number of hydrogen-bond donors (Lipinski definition) is 1. The topological polar surface area (TPSA) is 73.2 Å². The first-order valence-electron chi connectivity index (χ1n) is 10.1. The van der Waals surface area contributed by atoms with Crippen LogP contribution in [0.25, 0.3) is 17.2 Å². The Morgan fingerprint density at radius 3 is 2.24 bits per heavy atom. The molecule has 2 fully saturated rings. The number of nitrogens with zero attached hydrogens (tertiary/aromatic N) is 3. The summed E-state index contributed by atoms with van der Waals surface area (Å²) in [6, 6.07) is 13.9. The minimum absolute atomic E-state index is 0.0186. The molecule has 3 aliphatic rings. The Balaban J connectivity index is 1.25. The predicted octanol–water partition coefficient (Wildman–Crippen LogP) is 0.577. The van der Waals surface area contributed by atoms with E-state index in [-0.39, 0.29) is 11.8 Å². The number of fused-ring (bicyclic) bond motifs is 1. The lowest BCUT2D eigenvalue weighted by atomic mass is 10.0. The SMILES string of the molecule is O=C(c1ccc(-c2ccc3c(c2)=CCN=3)cc1)N1CCN(C(=O)C2(O)CC2)CC1. The van der Waals surface area contributed by atoms with Gasteiger partial charge in [-0.1, -0.05) is 24.3 Å². The molecule has 2 heterocycles. The van der Waals surface area contributed by atoms with E-state index in [4.69, 9.17) is 0 Å². The van der Waals surface area contributed by atoms with E-state index in [0.717, 1.165) is 28.2 Å². The van der Waals surface area contributed by atoms with Gasteiger partial charge in [0.1, 0.15) is 5.60 Å². The summed E-state index contributed by atoms with van der Waals surface area (Å²) < 4.78 is 0. The molecule has 2 aliphatic heterocycles. The number of rotatable bonds is 3. The minimum Gasteiger partial charge on any atom is -0.380 e. The van der Waals surface area contributed by atoms with Crippen LogP contribution in [-0.2, 0) is 4.79 Å². The average molecular weight is 389 g/mol. The Morgan fingerprint density at radius 1 is 0.897 bits per heavy atom. The smallest absolute Gasteiger partial charge is 0.254 e. The summed E-state index contributed by atoms with van der Waals surface area (Å²) in [4.78, 5) is 32.9. The van der Waals surface area contributed by atoms with Gasteiger partial charge in [0.25, 0.3) is 11.8 Å². The average Bonchev–Trinajstić information content (AvgIpc) is 3.34. The van der Waals surface area contributed by atoms with Crippen molar-refractivity contribution in [3.63, 3.8) is 0 Å². The maximum atomic E-state index is 12.8. The zero-order valence-electron chi connectivity index (χ0n) is 16.2. The molecule has 1 saturated heterocycles. The highest BCUT2D eigenvalue weighted by Crippen LogP contribution is 2.37. The van der Waals surface area contributed by atoms with Gasteiger partial charge in [0.2, 0.25) is 0 Å². The van der Waals surface area contributed by atoms with Crippen molar-refractivity contribution in [2.75, 3.05) is 32.7 Å². The molecule has 6 nitrogen and oxygen atoms in total. The summed E-state index contributed by atoms with van der Waals surface area (Å²) in [6.45, 7) is 2.67. The lowest BCUT2D eigenvalue weighted by Gasteiger charge is -2.35. The molecule has 2 amide bonds. The van der Waals surface area contributed by atoms with Gasteiger partial charge in [-0.15, -0.1) is 0 Å². The van der Waals surface area contributed by atoms with Gasteiger partial charge in [-0.05, 0) is 53.5 Å². The quantitative estimate of drug-likeness (QED) is 0.835. The molecule has 0 radical (unpaired) electrons. The van der Waals surface area contributed by atoms with Gasteiger partial charge < -0.3 is 14.9 Å². The third kappa shape index (κ3) is 3.34. The van der Waals surface area contributed by atoms with Gasteiger partial charge in [-0.3, -0.25) is 14.6 Å². The van der Waals surface area contributed by atoms with E-state index in [9.17, 15) is 14.7 Å². The van der Waals surface area contributed by atoms with E-state index >= 15 is 0 Å². The van der Waals surface area contributed by atoms with Crippen molar-refractivity contribution in [1.29, 1.82) is 0 Å². The van der Waals surface area contributed by atoms with Crippen molar-refractivity contribution in [2.24, 2.45) is 4.99 Å². The van der Waals surface area contributed by atoms with Crippen LogP contribution >= 0.6 is 0 Å². The summed E-state index contributed by atoms with van der Waals surface area (Å²) >= 11 is 0. The second kappa shape index (κ2) is 6.81. The van der Waals surface area contributed by atoms with Gasteiger partial charge in [-0.25, -0.2) is 0 Å². The third-order valence-corrected chi connectivity index (χ3v) is 6.04. The highest BCUT2D eigenvalue weighted by Gasteiger charge is 2.50. The predicted molar refractivity (Wildman–Crippen MR) is 109 cm³/mol. The van der Waals surface area contributed by atoms with Crippen LogP contribution in [0, 0.1) is 0 Å². The lowest BCUT2D eigenvalue weighted by molar-refractivity contribution is -0.143. The van der Waals surface area contributed by atoms with Crippen LogP contribution in [0.4, 0.5) is 0 Å². The molecule has 0 bridgehead atoms. The maximum absolute atomic E-state index is 12.8. The Hall–Kier alpha value is -2.99. The molecule has 2 aromatic rings. The molecule has 6 heteroatoms. The van der Waals surface area contributed by atoms with Crippen LogP contribution in [0.2, 0.25) is 0 Å². The van der Waals surface area contributed by atoms with Crippen molar-refractivity contribution in [1.82, 2.24) is 9.80 Å². The second-order valence-electron chi connectivity index (χ2n) is 8.01. The van der Waals surface area contributed by atoms with E-state index < -0.39 is 5.60 Å². The normalized spacial score (nSPS) is 19.2. The Kier molecular flexibility index (Phi) is 4.24. The Morgan fingerprint density at radius 2 is 1.55 bits per heavy atom. The number of piperazine rings is 1. The number of benzene rings is 2. The molecular formula is C23H23N3O3. The fraction of sp³-hybridized carbons (Fsp3) is 0.348. The highest BCUT2D eigenvalue weighted by molar-refractivity contribution is 5.95. The van der Waals surface area contributed by atoms with Gasteiger partial charge >= 0.3 is 0 Å². The molecule has 1 aliphatic carbocycles. The molecule has 29 heavy (non-hydrogen) atoms. The fourth-order valence-electron chi connectivity index (χ4n) is 4.01. The molecule has 0 atom stereocenters. The van der Waals surface area contributed by atoms with Gasteiger partial charge in [0.15, 0.2) is 0 Å². The summed E-state index contributed by atoms with van der Waals surface area (Å²) in [7, 11) is 0. The van der Waals surface area contributed by atoms with E-state index in [1.807, 2.05) is 30.3 Å². The van der Waals surface area contributed by atoms with Crippen molar-refractivity contribution in [2.45, 2.75) is 18.4 Å². The fourth-order valence-corrected chi connectivity index (χ4v) is 4.01. The largest absolute Gasteiger partial charge is 0.380 e. The van der Waals surface area contributed by atoms with E-state index in [2.05, 4.69) is 23.2 Å². The third-order valence-electron chi connectivity index (χ3n) is 6.04. The number of aliphatic hydroxyl groups is 1. The molecule has 0 unspecified atom stereocenters. The number of amides is 2. The first-order valence-corrected chi connectivity index (χ1v) is 10.1. The van der Waals surface area contributed by atoms with Gasteiger partial charge in [0, 0.05) is 31.7 Å². The van der Waals surface area contributed by atoms with E-state index in [1.165, 1.54) is 0 Å². The van der Waals surface area contributed by atoms with E-state index in [0.29, 0.717) is 44.6 Å². The monoisotopic (exact) mass is 389 g/mol. The summed E-state index contributed by atoms with van der Waals surface area (Å²) in [5.41, 5.74) is 1.70. The van der Waals surface area contributed by atoms with Gasteiger partial charge in [0.05, 0.1) is 11.9 Å². The number of carbonyl (C=O) groups excluding carboxylic acids is 2. The zero-order chi connectivity index (χ0) is 20.0. The Bertz CT molecular complexity index is 1100. The molecular weight excluding hydrogens is 366 g/mol. The first kappa shape index (κ1) is 18.1. The molecule has 5 rings (SSSR count). The first-order chi connectivity index (χ1) is 14.0. The number of hydrogen-bond acceptors (Lipinski definition) is 4. The molecule has 148 valence electrons. The maximum Gasteiger partial charge on any atom is 0.254 e. The van der Waals surface area contributed by atoms with Crippen LogP contribution in [0.15, 0.2) is 47.5 Å². The molecule has 1 N–H and O–H groups in total. The van der Waals surface area contributed by atoms with E-state index in [1.54, 1.807) is 9.80 Å². The summed E-state index contributed by atoms with van der Waals surface area (Å²) in [5, 5.41) is 12.2. The van der Waals surface area contributed by atoms with Crippen LogP contribution in [0.5, 0.6) is 0 Å². The molecule has 1 saturated carbocycles. The van der Waals surface area contributed by atoms with Crippen LogP contribution < -0.4 is 10.6 Å². The van der Waals surface area contributed by atoms with Crippen molar-refractivity contribution in [3.05, 3.63) is 58.6 Å². The van der Waals surface area contributed by atoms with Crippen molar-refractivity contribution >= 4 is 17.9 Å². The summed E-state index contributed by atoms with van der Waals surface area (Å²) in [5.74, 6) is -0.205. The molecule has 0 aromatic heterocycles. The lowest BCUT2D eigenvalue weighted by Crippen LogP contribution is -2.53. The van der Waals surface area contributed by atoms with Crippen LogP contribution in [0.3, 0.4) is 0 Å². The highest BCUT2D eigenvalue weighted by atomic mass is 16.3. The molecule has 0 spiro atoms. The second-order valence-corrected chi connectivity index (χ2v) is 8.01. The van der Waals surface area contributed by atoms with Crippen LogP contribution in [-0.4, -0.2) is 65.0 Å². The standard InChI is InChI=1S/C23H23N3O3/c27-21(25-11-13-26(14-12-25)22(28)23(29)8-9-23)17-3-1-16(2-4-17)18-5-6-20-19(15-18)7-10-24-20/h1-7,15,29H,8-14H2. The van der Waals surface area contributed by atoms with Crippen LogP contribution in [0.1, 0.15) is 23.2 Å². The van der Waals surface area contributed by atoms with Crippen molar-refractivity contribution in [3.8, 4) is 11.1 Å². The van der Waals surface area contributed by atoms with Crippen molar-refractivity contribution < 1.29 is 14.7 Å². The number of carbonyl (C=O) groups is 2. The summed E-state index contributed by atoms with van der Waals surface area (Å²) in [6.07, 6.45) is 3.21. The minimum atomic E-state index is -1.13. The zero-order valence-corrected chi connectivity index (χ0v) is 16.2. The van der Waals surface area contributed by atoms with Gasteiger partial charge in [-0.2, -0.15) is 0 Å². The molecule has 2 aromatic carbocycles. The Labute approximate surface area is 168 Å².